The number of rotatable bonds is 9. The summed E-state index contributed by atoms with van der Waals surface area (Å²) in [5, 5.41) is 3.57. The van der Waals surface area contributed by atoms with Gasteiger partial charge in [0.25, 0.3) is 0 Å². The summed E-state index contributed by atoms with van der Waals surface area (Å²) in [6, 6.07) is 0.517. The number of hydrogen-bond acceptors (Lipinski definition) is 2. The Labute approximate surface area is 125 Å². The van der Waals surface area contributed by atoms with Crippen molar-refractivity contribution >= 4 is 5.91 Å². The van der Waals surface area contributed by atoms with Crippen molar-refractivity contribution in [1.82, 2.24) is 10.2 Å². The maximum absolute atomic E-state index is 12.8. The summed E-state index contributed by atoms with van der Waals surface area (Å²) in [4.78, 5) is 14.9. The van der Waals surface area contributed by atoms with Crippen LogP contribution >= 0.6 is 0 Å². The Morgan fingerprint density at radius 2 is 1.85 bits per heavy atom. The Kier molecular flexibility index (Phi) is 8.92. The van der Waals surface area contributed by atoms with Gasteiger partial charge in [-0.1, -0.05) is 40.0 Å². The molecule has 0 bridgehead atoms. The summed E-state index contributed by atoms with van der Waals surface area (Å²) in [7, 11) is 0. The van der Waals surface area contributed by atoms with Crippen LogP contribution in [-0.2, 0) is 4.79 Å². The van der Waals surface area contributed by atoms with Crippen LogP contribution in [0.3, 0.4) is 0 Å². The van der Waals surface area contributed by atoms with E-state index in [-0.39, 0.29) is 5.92 Å². The summed E-state index contributed by atoms with van der Waals surface area (Å²) in [6.07, 6.45) is 9.18. The lowest BCUT2D eigenvalue weighted by Gasteiger charge is -2.32. The third kappa shape index (κ3) is 5.82. The second kappa shape index (κ2) is 10.2. The van der Waals surface area contributed by atoms with Gasteiger partial charge in [0.1, 0.15) is 0 Å². The molecule has 0 aromatic heterocycles. The molecule has 3 nitrogen and oxygen atoms in total. The molecular weight excluding hydrogens is 248 g/mol. The fourth-order valence-corrected chi connectivity index (χ4v) is 3.25. The number of hydrogen-bond donors (Lipinski definition) is 1. The molecule has 3 heteroatoms. The van der Waals surface area contributed by atoms with E-state index in [0.717, 1.165) is 51.7 Å². The quantitative estimate of drug-likeness (QED) is 0.701. The minimum atomic E-state index is 0.250. The standard InChI is InChI=1S/C17H34N2O/c1-4-9-15(10-5-2)17(20)19(13-6-3)14-16-11-7-8-12-18-16/h15-16,18H,4-14H2,1-3H3. The lowest BCUT2D eigenvalue weighted by Crippen LogP contribution is -2.47. The van der Waals surface area contributed by atoms with Crippen LogP contribution < -0.4 is 5.32 Å². The first-order chi connectivity index (χ1) is 9.72. The van der Waals surface area contributed by atoms with Crippen LogP contribution in [0.5, 0.6) is 0 Å². The second-order valence-corrected chi connectivity index (χ2v) is 6.21. The minimum Gasteiger partial charge on any atom is -0.341 e. The Morgan fingerprint density at radius 3 is 2.35 bits per heavy atom. The van der Waals surface area contributed by atoms with Crippen molar-refractivity contribution in [3.63, 3.8) is 0 Å². The van der Waals surface area contributed by atoms with Crippen LogP contribution in [0.4, 0.5) is 0 Å². The van der Waals surface area contributed by atoms with Gasteiger partial charge in [-0.2, -0.15) is 0 Å². The van der Waals surface area contributed by atoms with Crippen molar-refractivity contribution in [3.05, 3.63) is 0 Å². The molecule has 1 unspecified atom stereocenters. The van der Waals surface area contributed by atoms with E-state index >= 15 is 0 Å². The molecule has 1 aliphatic heterocycles. The van der Waals surface area contributed by atoms with E-state index in [2.05, 4.69) is 31.0 Å². The Balaban J connectivity index is 2.58. The molecule has 0 saturated carbocycles. The molecular formula is C17H34N2O. The average molecular weight is 282 g/mol. The predicted molar refractivity (Wildman–Crippen MR) is 85.8 cm³/mol. The van der Waals surface area contributed by atoms with Gasteiger partial charge in [0.2, 0.25) is 5.91 Å². The van der Waals surface area contributed by atoms with E-state index in [0.29, 0.717) is 11.9 Å². The summed E-state index contributed by atoms with van der Waals surface area (Å²) in [5.41, 5.74) is 0. The highest BCUT2D eigenvalue weighted by atomic mass is 16.2. The lowest BCUT2D eigenvalue weighted by atomic mass is 9.96. The van der Waals surface area contributed by atoms with Gasteiger partial charge in [-0.3, -0.25) is 4.79 Å². The van der Waals surface area contributed by atoms with Crippen LogP contribution in [0, 0.1) is 5.92 Å². The molecule has 1 aliphatic rings. The molecule has 0 aromatic carbocycles. The zero-order chi connectivity index (χ0) is 14.8. The molecule has 1 atom stereocenters. The highest BCUT2D eigenvalue weighted by Crippen LogP contribution is 2.18. The van der Waals surface area contributed by atoms with Gasteiger partial charge in [-0.05, 0) is 38.6 Å². The summed E-state index contributed by atoms with van der Waals surface area (Å²) >= 11 is 0. The molecule has 0 aromatic rings. The molecule has 0 aliphatic carbocycles. The van der Waals surface area contributed by atoms with E-state index in [1.54, 1.807) is 0 Å². The fraction of sp³-hybridized carbons (Fsp3) is 0.941. The van der Waals surface area contributed by atoms with Crippen molar-refractivity contribution in [1.29, 1.82) is 0 Å². The van der Waals surface area contributed by atoms with Crippen molar-refractivity contribution in [2.75, 3.05) is 19.6 Å². The van der Waals surface area contributed by atoms with E-state index in [1.807, 2.05) is 0 Å². The van der Waals surface area contributed by atoms with Crippen LogP contribution in [0.15, 0.2) is 0 Å². The monoisotopic (exact) mass is 282 g/mol. The lowest BCUT2D eigenvalue weighted by molar-refractivity contribution is -0.136. The minimum absolute atomic E-state index is 0.250. The highest BCUT2D eigenvalue weighted by molar-refractivity contribution is 5.78. The van der Waals surface area contributed by atoms with Crippen molar-refractivity contribution < 1.29 is 4.79 Å². The summed E-state index contributed by atoms with van der Waals surface area (Å²) < 4.78 is 0. The summed E-state index contributed by atoms with van der Waals surface area (Å²) in [6.45, 7) is 9.48. The zero-order valence-corrected chi connectivity index (χ0v) is 13.8. The van der Waals surface area contributed by atoms with E-state index in [9.17, 15) is 4.79 Å². The van der Waals surface area contributed by atoms with Crippen LogP contribution in [-0.4, -0.2) is 36.5 Å². The molecule has 1 saturated heterocycles. The van der Waals surface area contributed by atoms with Crippen LogP contribution in [0.25, 0.3) is 0 Å². The molecule has 1 N–H and O–H groups in total. The van der Waals surface area contributed by atoms with E-state index in [1.165, 1.54) is 19.3 Å². The first-order valence-corrected chi connectivity index (χ1v) is 8.75. The van der Waals surface area contributed by atoms with E-state index in [4.69, 9.17) is 0 Å². The Morgan fingerprint density at radius 1 is 1.15 bits per heavy atom. The van der Waals surface area contributed by atoms with Gasteiger partial charge in [-0.25, -0.2) is 0 Å². The molecule has 1 heterocycles. The number of piperidine rings is 1. The predicted octanol–water partition coefficient (Wildman–Crippen LogP) is 3.58. The van der Waals surface area contributed by atoms with Gasteiger partial charge in [-0.15, -0.1) is 0 Å². The number of amides is 1. The zero-order valence-electron chi connectivity index (χ0n) is 13.8. The number of carbonyl (C=O) groups is 1. The van der Waals surface area contributed by atoms with Gasteiger partial charge in [0, 0.05) is 25.0 Å². The molecule has 1 amide bonds. The topological polar surface area (TPSA) is 32.3 Å². The molecule has 0 spiro atoms. The highest BCUT2D eigenvalue weighted by Gasteiger charge is 2.25. The first-order valence-electron chi connectivity index (χ1n) is 8.75. The van der Waals surface area contributed by atoms with Crippen LogP contribution in [0.1, 0.15) is 72.1 Å². The summed E-state index contributed by atoms with van der Waals surface area (Å²) in [5.74, 6) is 0.656. The van der Waals surface area contributed by atoms with Crippen molar-refractivity contribution in [3.8, 4) is 0 Å². The van der Waals surface area contributed by atoms with E-state index < -0.39 is 0 Å². The van der Waals surface area contributed by atoms with Gasteiger partial charge < -0.3 is 10.2 Å². The maximum Gasteiger partial charge on any atom is 0.225 e. The Hall–Kier alpha value is -0.570. The fourth-order valence-electron chi connectivity index (χ4n) is 3.25. The number of carbonyl (C=O) groups excluding carboxylic acids is 1. The maximum atomic E-state index is 12.8. The van der Waals surface area contributed by atoms with Gasteiger partial charge in [0.15, 0.2) is 0 Å². The largest absolute Gasteiger partial charge is 0.341 e. The smallest absolute Gasteiger partial charge is 0.225 e. The van der Waals surface area contributed by atoms with Crippen molar-refractivity contribution in [2.24, 2.45) is 5.92 Å². The van der Waals surface area contributed by atoms with Gasteiger partial charge in [0.05, 0.1) is 0 Å². The number of nitrogens with zero attached hydrogens (tertiary/aromatic N) is 1. The number of nitrogens with one attached hydrogen (secondary N) is 1. The molecule has 118 valence electrons. The Bertz CT molecular complexity index is 256. The van der Waals surface area contributed by atoms with Crippen LogP contribution in [0.2, 0.25) is 0 Å². The molecule has 0 radical (unpaired) electrons. The van der Waals surface area contributed by atoms with Gasteiger partial charge >= 0.3 is 0 Å². The third-order valence-corrected chi connectivity index (χ3v) is 4.28. The molecule has 20 heavy (non-hydrogen) atoms. The van der Waals surface area contributed by atoms with Crippen molar-refractivity contribution in [2.45, 2.75) is 78.2 Å². The SMILES string of the molecule is CCCC(CCC)C(=O)N(CCC)CC1CCCCN1. The molecule has 1 rings (SSSR count). The second-order valence-electron chi connectivity index (χ2n) is 6.21. The third-order valence-electron chi connectivity index (χ3n) is 4.28. The first kappa shape index (κ1) is 17.5. The molecule has 1 fully saturated rings. The normalized spacial score (nSPS) is 19.3. The average Bonchev–Trinajstić information content (AvgIpc) is 2.47.